The van der Waals surface area contributed by atoms with E-state index in [0.717, 1.165) is 16.9 Å². The van der Waals surface area contributed by atoms with Crippen molar-refractivity contribution in [2.24, 2.45) is 5.92 Å². The van der Waals surface area contributed by atoms with Crippen LogP contribution in [-0.2, 0) is 14.8 Å². The summed E-state index contributed by atoms with van der Waals surface area (Å²) in [6, 6.07) is 12.3. The smallest absolute Gasteiger partial charge is 0.243 e. The molecule has 0 saturated carbocycles. The summed E-state index contributed by atoms with van der Waals surface area (Å²) >= 11 is 0. The van der Waals surface area contributed by atoms with Crippen molar-refractivity contribution in [1.29, 1.82) is 0 Å². The molecule has 8 heteroatoms. The number of hydrogen-bond donors (Lipinski definition) is 1. The molecule has 1 atom stereocenters. The fraction of sp³-hybridized carbons (Fsp3) is 0.435. The van der Waals surface area contributed by atoms with Crippen molar-refractivity contribution in [3.05, 3.63) is 53.6 Å². The van der Waals surface area contributed by atoms with Gasteiger partial charge in [0.2, 0.25) is 15.9 Å². The molecule has 168 valence electrons. The third-order valence-electron chi connectivity index (χ3n) is 5.32. The molecule has 1 amide bonds. The predicted molar refractivity (Wildman–Crippen MR) is 119 cm³/mol. The summed E-state index contributed by atoms with van der Waals surface area (Å²) in [7, 11) is -2.12. The largest absolute Gasteiger partial charge is 0.497 e. The molecule has 0 bridgehead atoms. The maximum atomic E-state index is 13.0. The Hall–Kier alpha value is -2.58. The number of hydrogen-bond acceptors (Lipinski definition) is 5. The van der Waals surface area contributed by atoms with Crippen LogP contribution < -0.4 is 14.8 Å². The molecule has 0 radical (unpaired) electrons. The number of aryl methyl sites for hydroxylation is 2. The SMILES string of the molecule is COc1ccc(S(=O)(=O)N2CCC[C@@H](C(=O)NCCOc3cc(C)cc(C)c3)C2)cc1. The van der Waals surface area contributed by atoms with Gasteiger partial charge in [-0.25, -0.2) is 8.42 Å². The van der Waals surface area contributed by atoms with Crippen LogP contribution in [0.2, 0.25) is 0 Å². The van der Waals surface area contributed by atoms with Gasteiger partial charge in [-0.05, 0) is 74.2 Å². The number of piperidine rings is 1. The molecule has 0 aliphatic carbocycles. The van der Waals surface area contributed by atoms with Gasteiger partial charge in [-0.15, -0.1) is 0 Å². The molecule has 1 saturated heterocycles. The van der Waals surface area contributed by atoms with E-state index in [1.165, 1.54) is 23.5 Å². The first kappa shape index (κ1) is 23.1. The Morgan fingerprint density at radius 1 is 1.10 bits per heavy atom. The average molecular weight is 447 g/mol. The predicted octanol–water partition coefficient (Wildman–Crippen LogP) is 2.91. The van der Waals surface area contributed by atoms with Crippen molar-refractivity contribution in [3.63, 3.8) is 0 Å². The van der Waals surface area contributed by atoms with Crippen molar-refractivity contribution in [2.45, 2.75) is 31.6 Å². The Morgan fingerprint density at radius 3 is 2.42 bits per heavy atom. The molecule has 0 aromatic heterocycles. The third-order valence-corrected chi connectivity index (χ3v) is 7.20. The summed E-state index contributed by atoms with van der Waals surface area (Å²) < 4.78 is 38.1. The third kappa shape index (κ3) is 5.98. The summed E-state index contributed by atoms with van der Waals surface area (Å²) in [5, 5.41) is 2.88. The summed E-state index contributed by atoms with van der Waals surface area (Å²) in [6.45, 7) is 5.34. The zero-order valence-corrected chi connectivity index (χ0v) is 19.1. The van der Waals surface area contributed by atoms with Crippen molar-refractivity contribution in [2.75, 3.05) is 33.4 Å². The average Bonchev–Trinajstić information content (AvgIpc) is 2.76. The van der Waals surface area contributed by atoms with Crippen LogP contribution in [0.5, 0.6) is 11.5 Å². The van der Waals surface area contributed by atoms with E-state index >= 15 is 0 Å². The zero-order valence-electron chi connectivity index (χ0n) is 18.3. The van der Waals surface area contributed by atoms with Gasteiger partial charge in [-0.1, -0.05) is 6.07 Å². The second-order valence-corrected chi connectivity index (χ2v) is 9.78. The summed E-state index contributed by atoms with van der Waals surface area (Å²) in [6.07, 6.45) is 1.31. The van der Waals surface area contributed by atoms with E-state index in [1.54, 1.807) is 12.1 Å². The quantitative estimate of drug-likeness (QED) is 0.631. The number of ether oxygens (including phenoxy) is 2. The van der Waals surface area contributed by atoms with Gasteiger partial charge in [0.15, 0.2) is 0 Å². The number of rotatable bonds is 8. The monoisotopic (exact) mass is 446 g/mol. The Kier molecular flexibility index (Phi) is 7.56. The summed E-state index contributed by atoms with van der Waals surface area (Å²) in [5.74, 6) is 0.862. The van der Waals surface area contributed by atoms with Crippen LogP contribution in [0.15, 0.2) is 47.4 Å². The number of nitrogens with one attached hydrogen (secondary N) is 1. The van der Waals surface area contributed by atoms with E-state index < -0.39 is 10.0 Å². The van der Waals surface area contributed by atoms with Gasteiger partial charge >= 0.3 is 0 Å². The maximum Gasteiger partial charge on any atom is 0.243 e. The van der Waals surface area contributed by atoms with Gasteiger partial charge < -0.3 is 14.8 Å². The van der Waals surface area contributed by atoms with Crippen LogP contribution >= 0.6 is 0 Å². The molecule has 1 fully saturated rings. The standard InChI is InChI=1S/C23H30N2O5S/c1-17-13-18(2)15-21(14-17)30-12-10-24-23(26)19-5-4-11-25(16-19)31(27,28)22-8-6-20(29-3)7-9-22/h6-9,13-15,19H,4-5,10-12,16H2,1-3H3,(H,24,26)/t19-/m1/s1. The first-order chi connectivity index (χ1) is 14.8. The minimum atomic E-state index is -3.65. The Balaban J connectivity index is 1.52. The zero-order chi connectivity index (χ0) is 22.4. The highest BCUT2D eigenvalue weighted by atomic mass is 32.2. The van der Waals surface area contributed by atoms with E-state index in [9.17, 15) is 13.2 Å². The number of benzene rings is 2. The molecule has 0 unspecified atom stereocenters. The molecule has 2 aromatic rings. The highest BCUT2D eigenvalue weighted by Gasteiger charge is 2.33. The molecule has 1 aliphatic heterocycles. The Bertz CT molecular complexity index is 985. The lowest BCUT2D eigenvalue weighted by molar-refractivity contribution is -0.126. The van der Waals surface area contributed by atoms with Gasteiger partial charge in [-0.2, -0.15) is 4.31 Å². The van der Waals surface area contributed by atoms with E-state index in [1.807, 2.05) is 26.0 Å². The van der Waals surface area contributed by atoms with Crippen LogP contribution in [-0.4, -0.2) is 52.0 Å². The summed E-state index contributed by atoms with van der Waals surface area (Å²) in [5.41, 5.74) is 2.25. The lowest BCUT2D eigenvalue weighted by atomic mass is 9.99. The number of carbonyl (C=O) groups excluding carboxylic acids is 1. The molecule has 1 heterocycles. The van der Waals surface area contributed by atoms with Crippen LogP contribution in [0.25, 0.3) is 0 Å². The minimum absolute atomic E-state index is 0.140. The minimum Gasteiger partial charge on any atom is -0.497 e. The first-order valence-electron chi connectivity index (χ1n) is 10.4. The fourth-order valence-electron chi connectivity index (χ4n) is 3.78. The second-order valence-electron chi connectivity index (χ2n) is 7.84. The Labute approximate surface area is 184 Å². The van der Waals surface area contributed by atoms with E-state index in [-0.39, 0.29) is 23.3 Å². The van der Waals surface area contributed by atoms with Gasteiger partial charge in [0.1, 0.15) is 18.1 Å². The molecule has 1 N–H and O–H groups in total. The molecule has 0 spiro atoms. The van der Waals surface area contributed by atoms with E-state index in [4.69, 9.17) is 9.47 Å². The van der Waals surface area contributed by atoms with Gasteiger partial charge in [0, 0.05) is 13.1 Å². The van der Waals surface area contributed by atoms with E-state index in [2.05, 4.69) is 11.4 Å². The number of methoxy groups -OCH3 is 1. The molecule has 31 heavy (non-hydrogen) atoms. The van der Waals surface area contributed by atoms with Crippen LogP contribution in [0.4, 0.5) is 0 Å². The fourth-order valence-corrected chi connectivity index (χ4v) is 5.30. The van der Waals surface area contributed by atoms with Crippen molar-refractivity contribution >= 4 is 15.9 Å². The maximum absolute atomic E-state index is 13.0. The van der Waals surface area contributed by atoms with E-state index in [0.29, 0.717) is 38.3 Å². The lowest BCUT2D eigenvalue weighted by Crippen LogP contribution is -2.45. The number of sulfonamides is 1. The molecular formula is C23H30N2O5S. The molecule has 3 rings (SSSR count). The molecule has 2 aromatic carbocycles. The Morgan fingerprint density at radius 2 is 1.77 bits per heavy atom. The number of carbonyl (C=O) groups is 1. The van der Waals surface area contributed by atoms with Crippen molar-refractivity contribution in [1.82, 2.24) is 9.62 Å². The van der Waals surface area contributed by atoms with Crippen LogP contribution in [0, 0.1) is 19.8 Å². The molecular weight excluding hydrogens is 416 g/mol. The highest BCUT2D eigenvalue weighted by Crippen LogP contribution is 2.25. The van der Waals surface area contributed by atoms with Gasteiger partial charge in [-0.3, -0.25) is 4.79 Å². The number of amides is 1. The summed E-state index contributed by atoms with van der Waals surface area (Å²) in [4.78, 5) is 12.8. The van der Waals surface area contributed by atoms with Gasteiger partial charge in [0.05, 0.1) is 24.5 Å². The molecule has 1 aliphatic rings. The van der Waals surface area contributed by atoms with Crippen molar-refractivity contribution < 1.29 is 22.7 Å². The second kappa shape index (κ2) is 10.2. The highest BCUT2D eigenvalue weighted by molar-refractivity contribution is 7.89. The molecule has 7 nitrogen and oxygen atoms in total. The van der Waals surface area contributed by atoms with Crippen LogP contribution in [0.3, 0.4) is 0 Å². The van der Waals surface area contributed by atoms with Gasteiger partial charge in [0.25, 0.3) is 0 Å². The normalized spacial score (nSPS) is 17.2. The lowest BCUT2D eigenvalue weighted by Gasteiger charge is -2.31. The number of nitrogens with zero attached hydrogens (tertiary/aromatic N) is 1. The van der Waals surface area contributed by atoms with Crippen LogP contribution in [0.1, 0.15) is 24.0 Å². The topological polar surface area (TPSA) is 84.9 Å². The first-order valence-corrected chi connectivity index (χ1v) is 11.9. The van der Waals surface area contributed by atoms with Crippen molar-refractivity contribution in [3.8, 4) is 11.5 Å².